The topological polar surface area (TPSA) is 3.24 Å². The summed E-state index contributed by atoms with van der Waals surface area (Å²) in [6, 6.07) is 44.9. The van der Waals surface area contributed by atoms with E-state index in [1.165, 1.54) is 4.90 Å². The van der Waals surface area contributed by atoms with Crippen molar-refractivity contribution in [3.8, 4) is 44.5 Å². The van der Waals surface area contributed by atoms with Crippen LogP contribution < -0.4 is 4.90 Å². The van der Waals surface area contributed by atoms with Crippen LogP contribution in [0, 0.1) is 0 Å². The SMILES string of the molecule is [2H]c1c([2H])c(N(c2ccc(-c3cccc(-c4ccc5ccccc5c4)c3)cc2)c2c([2H])c([2H])c(-c3ccccc3)c([2H])c2[2H])c([2H])c([2H])c1-c1ccccc1. The van der Waals surface area contributed by atoms with E-state index in [0.717, 1.165) is 33.0 Å². The van der Waals surface area contributed by atoms with E-state index in [9.17, 15) is 5.48 Å². The fourth-order valence-electron chi connectivity index (χ4n) is 5.75. The lowest BCUT2D eigenvalue weighted by Gasteiger charge is -2.26. The van der Waals surface area contributed by atoms with Crippen LogP contribution in [0.2, 0.25) is 0 Å². The van der Waals surface area contributed by atoms with Crippen molar-refractivity contribution in [2.45, 2.75) is 0 Å². The van der Waals surface area contributed by atoms with Crippen LogP contribution in [-0.4, -0.2) is 0 Å². The minimum absolute atomic E-state index is 0.125. The van der Waals surface area contributed by atoms with Crippen molar-refractivity contribution >= 4 is 27.8 Å². The lowest BCUT2D eigenvalue weighted by atomic mass is 9.97. The van der Waals surface area contributed by atoms with E-state index < -0.39 is 0 Å². The molecule has 8 aromatic carbocycles. The highest BCUT2D eigenvalue weighted by Gasteiger charge is 2.14. The molecule has 0 aliphatic rings. The largest absolute Gasteiger partial charge is 0.311 e. The molecule has 0 aliphatic heterocycles. The first-order chi connectivity index (χ1) is 26.6. The van der Waals surface area contributed by atoms with Gasteiger partial charge >= 0.3 is 0 Å². The Kier molecular flexibility index (Phi) is 5.60. The number of nitrogens with zero attached hydrogens (tertiary/aromatic N) is 1. The molecule has 0 saturated heterocycles. The normalized spacial score (nSPS) is 13.4. The number of hydrogen-bond donors (Lipinski definition) is 0. The first kappa shape index (κ1) is 20.8. The van der Waals surface area contributed by atoms with Crippen molar-refractivity contribution in [2.75, 3.05) is 4.90 Å². The fourth-order valence-corrected chi connectivity index (χ4v) is 5.75. The molecule has 47 heavy (non-hydrogen) atoms. The molecule has 0 radical (unpaired) electrons. The third kappa shape index (κ3) is 5.95. The minimum atomic E-state index is -0.379. The van der Waals surface area contributed by atoms with E-state index >= 15 is 0 Å². The molecular weight excluding hydrogens is 567 g/mol. The van der Waals surface area contributed by atoms with Gasteiger partial charge in [-0.05, 0) is 104 Å². The van der Waals surface area contributed by atoms with Crippen LogP contribution in [0.1, 0.15) is 11.0 Å². The Balaban J connectivity index is 1.30. The van der Waals surface area contributed by atoms with Crippen LogP contribution in [0.25, 0.3) is 55.3 Å². The zero-order chi connectivity index (χ0) is 38.4. The lowest BCUT2D eigenvalue weighted by molar-refractivity contribution is 1.28. The molecule has 0 spiro atoms. The highest BCUT2D eigenvalue weighted by molar-refractivity contribution is 5.88. The van der Waals surface area contributed by atoms with Gasteiger partial charge in [-0.2, -0.15) is 0 Å². The zero-order valence-corrected chi connectivity index (χ0v) is 25.4. The molecule has 1 nitrogen and oxygen atoms in total. The highest BCUT2D eigenvalue weighted by Crippen LogP contribution is 2.38. The monoisotopic (exact) mass is 607 g/mol. The van der Waals surface area contributed by atoms with Gasteiger partial charge in [0.1, 0.15) is 0 Å². The van der Waals surface area contributed by atoms with Crippen LogP contribution in [0.4, 0.5) is 17.1 Å². The Morgan fingerprint density at radius 3 is 1.28 bits per heavy atom. The maximum atomic E-state index is 9.26. The van der Waals surface area contributed by atoms with Crippen molar-refractivity contribution in [1.29, 1.82) is 0 Å². The summed E-state index contributed by atoms with van der Waals surface area (Å²) in [6.45, 7) is 0. The number of anilines is 3. The molecule has 0 amide bonds. The Morgan fingerprint density at radius 1 is 0.277 bits per heavy atom. The quantitative estimate of drug-likeness (QED) is 0.174. The van der Waals surface area contributed by atoms with E-state index in [2.05, 4.69) is 42.5 Å². The molecule has 8 aromatic rings. The van der Waals surface area contributed by atoms with Crippen molar-refractivity contribution < 1.29 is 11.0 Å². The molecule has 0 unspecified atom stereocenters. The van der Waals surface area contributed by atoms with E-state index in [1.807, 2.05) is 36.4 Å². The first-order valence-electron chi connectivity index (χ1n) is 19.5. The molecule has 0 N–H and O–H groups in total. The predicted octanol–water partition coefficient (Wildman–Crippen LogP) is 13.0. The molecule has 0 atom stereocenters. The zero-order valence-electron chi connectivity index (χ0n) is 33.4. The average Bonchev–Trinajstić information content (AvgIpc) is 3.22. The van der Waals surface area contributed by atoms with Gasteiger partial charge in [-0.3, -0.25) is 0 Å². The molecule has 8 rings (SSSR count). The van der Waals surface area contributed by atoms with Crippen LogP contribution in [0.5, 0.6) is 0 Å². The number of hydrogen-bond acceptors (Lipinski definition) is 1. The second kappa shape index (κ2) is 12.7. The maximum Gasteiger partial charge on any atom is 0.0645 e. The molecule has 1 heteroatoms. The van der Waals surface area contributed by atoms with Crippen LogP contribution in [0.15, 0.2) is 200 Å². The predicted molar refractivity (Wildman–Crippen MR) is 200 cm³/mol. The van der Waals surface area contributed by atoms with Gasteiger partial charge in [-0.15, -0.1) is 0 Å². The Hall–Kier alpha value is -6.18. The van der Waals surface area contributed by atoms with Crippen molar-refractivity contribution in [2.24, 2.45) is 0 Å². The van der Waals surface area contributed by atoms with Gasteiger partial charge < -0.3 is 4.90 Å². The lowest BCUT2D eigenvalue weighted by Crippen LogP contribution is -2.09. The number of benzene rings is 8. The fraction of sp³-hybridized carbons (Fsp3) is 0. The van der Waals surface area contributed by atoms with Crippen LogP contribution in [-0.2, 0) is 0 Å². The smallest absolute Gasteiger partial charge is 0.0645 e. The summed E-state index contributed by atoms with van der Waals surface area (Å²) < 4.78 is 73.3. The third-order valence-electron chi connectivity index (χ3n) is 8.20. The van der Waals surface area contributed by atoms with Crippen molar-refractivity contribution in [3.63, 3.8) is 0 Å². The molecule has 222 valence electrons. The van der Waals surface area contributed by atoms with Gasteiger partial charge in [0, 0.05) is 17.1 Å². The molecule has 0 aromatic heterocycles. The van der Waals surface area contributed by atoms with Crippen molar-refractivity contribution in [1.82, 2.24) is 0 Å². The van der Waals surface area contributed by atoms with Gasteiger partial charge in [-0.25, -0.2) is 0 Å². The minimum Gasteiger partial charge on any atom is -0.311 e. The maximum absolute atomic E-state index is 9.26. The summed E-state index contributed by atoms with van der Waals surface area (Å²) in [6.07, 6.45) is 0. The van der Waals surface area contributed by atoms with Gasteiger partial charge in [0.2, 0.25) is 0 Å². The van der Waals surface area contributed by atoms with Crippen LogP contribution >= 0.6 is 0 Å². The summed E-state index contributed by atoms with van der Waals surface area (Å²) in [4.78, 5) is 1.33. The number of fused-ring (bicyclic) bond motifs is 1. The summed E-state index contributed by atoms with van der Waals surface area (Å²) in [5.74, 6) is 0. The summed E-state index contributed by atoms with van der Waals surface area (Å²) in [7, 11) is 0. The first-order valence-corrected chi connectivity index (χ1v) is 15.5. The highest BCUT2D eigenvalue weighted by atomic mass is 15.1. The molecular formula is C46H33N. The molecule has 0 heterocycles. The summed E-state index contributed by atoms with van der Waals surface area (Å²) >= 11 is 0. The Labute approximate surface area is 287 Å². The van der Waals surface area contributed by atoms with Gasteiger partial charge in [-0.1, -0.05) is 152 Å². The molecule has 0 saturated carbocycles. The van der Waals surface area contributed by atoms with Gasteiger partial charge in [0.05, 0.1) is 11.0 Å². The van der Waals surface area contributed by atoms with E-state index in [-0.39, 0.29) is 70.8 Å². The average molecular weight is 608 g/mol. The number of rotatable bonds is 7. The third-order valence-corrected chi connectivity index (χ3v) is 8.20. The molecule has 0 bridgehead atoms. The van der Waals surface area contributed by atoms with E-state index in [1.54, 1.807) is 72.8 Å². The molecule has 0 fully saturated rings. The second-order valence-electron chi connectivity index (χ2n) is 11.2. The van der Waals surface area contributed by atoms with Crippen molar-refractivity contribution in [3.05, 3.63) is 200 Å². The summed E-state index contributed by atoms with van der Waals surface area (Å²) in [5, 5.41) is 2.31. The van der Waals surface area contributed by atoms with Gasteiger partial charge in [0.15, 0.2) is 0 Å². The summed E-state index contributed by atoms with van der Waals surface area (Å²) in [5.41, 5.74) is 5.18. The van der Waals surface area contributed by atoms with E-state index in [4.69, 9.17) is 5.48 Å². The molecule has 0 aliphatic carbocycles. The standard InChI is InChI=1S/C46H33N/c1-3-10-34(11-4-1)37-20-26-44(27-21-37)47(45-28-22-38(23-29-45)35-12-5-2-6-13-35)46-30-24-39(25-31-46)41-16-9-17-42(32-41)43-19-18-36-14-7-8-15-40(36)33-43/h1-33H/i20D,21D,22D,23D,26D,27D,28D,29D. The van der Waals surface area contributed by atoms with E-state index in [0.29, 0.717) is 16.8 Å². The van der Waals surface area contributed by atoms with Crippen LogP contribution in [0.3, 0.4) is 0 Å². The van der Waals surface area contributed by atoms with Gasteiger partial charge in [0.25, 0.3) is 0 Å². The Morgan fingerprint density at radius 2 is 0.702 bits per heavy atom. The Bertz CT molecular complexity index is 2570. The second-order valence-corrected chi connectivity index (χ2v) is 11.2.